The van der Waals surface area contributed by atoms with Crippen LogP contribution < -0.4 is 10.5 Å². The van der Waals surface area contributed by atoms with Gasteiger partial charge in [-0.15, -0.1) is 0 Å². The van der Waals surface area contributed by atoms with E-state index in [1.54, 1.807) is 12.1 Å². The quantitative estimate of drug-likeness (QED) is 0.429. The van der Waals surface area contributed by atoms with E-state index in [-0.39, 0.29) is 0 Å². The van der Waals surface area contributed by atoms with Crippen molar-refractivity contribution < 1.29 is 9.53 Å². The van der Waals surface area contributed by atoms with Crippen molar-refractivity contribution in [3.05, 3.63) is 42.5 Å². The lowest BCUT2D eigenvalue weighted by Crippen LogP contribution is -2.07. The number of hydrogen-bond donors (Lipinski definition) is 1. The predicted molar refractivity (Wildman–Crippen MR) is 50.2 cm³/mol. The summed E-state index contributed by atoms with van der Waals surface area (Å²) in [6.45, 7) is 3.65. The van der Waals surface area contributed by atoms with Gasteiger partial charge in [-0.1, -0.05) is 24.8 Å². The molecule has 0 amide bonds. The molecular weight excluding hydrogens is 166 g/mol. The van der Waals surface area contributed by atoms with Crippen molar-refractivity contribution in [2.75, 3.05) is 0 Å². The van der Waals surface area contributed by atoms with Crippen molar-refractivity contribution in [1.29, 1.82) is 0 Å². The third-order valence-electron chi connectivity index (χ3n) is 1.57. The molecule has 0 heterocycles. The van der Waals surface area contributed by atoms with Crippen molar-refractivity contribution in [2.45, 2.75) is 6.54 Å². The Labute approximate surface area is 76.8 Å². The first kappa shape index (κ1) is 9.48. The largest absolute Gasteiger partial charge is 0.423 e. The Bertz CT molecular complexity index is 320. The van der Waals surface area contributed by atoms with Gasteiger partial charge in [-0.25, -0.2) is 4.79 Å². The van der Waals surface area contributed by atoms with Crippen LogP contribution in [0.15, 0.2) is 36.9 Å². The van der Waals surface area contributed by atoms with Crippen molar-refractivity contribution >= 4 is 5.97 Å². The van der Waals surface area contributed by atoms with Gasteiger partial charge in [-0.2, -0.15) is 0 Å². The van der Waals surface area contributed by atoms with Gasteiger partial charge in [-0.05, 0) is 6.07 Å². The maximum atomic E-state index is 10.9. The van der Waals surface area contributed by atoms with E-state index in [1.165, 1.54) is 0 Å². The van der Waals surface area contributed by atoms with Crippen molar-refractivity contribution in [3.8, 4) is 5.75 Å². The van der Waals surface area contributed by atoms with E-state index >= 15 is 0 Å². The van der Waals surface area contributed by atoms with Crippen LogP contribution in [0.5, 0.6) is 5.75 Å². The van der Waals surface area contributed by atoms with Gasteiger partial charge in [0.25, 0.3) is 0 Å². The van der Waals surface area contributed by atoms with E-state index in [0.29, 0.717) is 12.3 Å². The average molecular weight is 177 g/mol. The minimum Gasteiger partial charge on any atom is -0.423 e. The predicted octanol–water partition coefficient (Wildman–Crippen LogP) is 1.24. The number of benzene rings is 1. The first-order chi connectivity index (χ1) is 6.27. The van der Waals surface area contributed by atoms with Gasteiger partial charge >= 0.3 is 5.97 Å². The van der Waals surface area contributed by atoms with Crippen molar-refractivity contribution in [2.24, 2.45) is 5.73 Å². The van der Waals surface area contributed by atoms with Gasteiger partial charge < -0.3 is 10.5 Å². The van der Waals surface area contributed by atoms with E-state index in [0.717, 1.165) is 11.6 Å². The Balaban J connectivity index is 2.86. The van der Waals surface area contributed by atoms with Crippen LogP contribution in [0.3, 0.4) is 0 Å². The lowest BCUT2D eigenvalue weighted by atomic mass is 10.2. The molecule has 0 atom stereocenters. The molecule has 0 aliphatic heterocycles. The molecule has 0 radical (unpaired) electrons. The molecule has 1 rings (SSSR count). The highest BCUT2D eigenvalue weighted by molar-refractivity contribution is 5.83. The van der Waals surface area contributed by atoms with E-state index in [1.807, 2.05) is 12.1 Å². The van der Waals surface area contributed by atoms with Gasteiger partial charge in [0.2, 0.25) is 0 Å². The first-order valence-corrected chi connectivity index (χ1v) is 3.90. The number of para-hydroxylation sites is 1. The van der Waals surface area contributed by atoms with E-state index in [9.17, 15) is 4.79 Å². The van der Waals surface area contributed by atoms with Crippen LogP contribution >= 0.6 is 0 Å². The van der Waals surface area contributed by atoms with E-state index < -0.39 is 5.97 Å². The van der Waals surface area contributed by atoms with Crippen LogP contribution in [0.1, 0.15) is 5.56 Å². The fraction of sp³-hybridized carbons (Fsp3) is 0.100. The number of ether oxygens (including phenoxy) is 1. The Hall–Kier alpha value is -1.61. The molecule has 0 fully saturated rings. The van der Waals surface area contributed by atoms with Gasteiger partial charge in [-0.3, -0.25) is 0 Å². The molecule has 3 nitrogen and oxygen atoms in total. The summed E-state index contributed by atoms with van der Waals surface area (Å²) >= 11 is 0. The zero-order valence-corrected chi connectivity index (χ0v) is 7.19. The number of carbonyl (C=O) groups is 1. The third-order valence-corrected chi connectivity index (χ3v) is 1.57. The van der Waals surface area contributed by atoms with Gasteiger partial charge in [0.1, 0.15) is 5.75 Å². The smallest absolute Gasteiger partial charge is 0.335 e. The second-order valence-corrected chi connectivity index (χ2v) is 2.44. The minimum atomic E-state index is -0.471. The number of hydrogen-bond acceptors (Lipinski definition) is 3. The first-order valence-electron chi connectivity index (χ1n) is 3.90. The molecule has 0 aromatic heterocycles. The number of esters is 1. The maximum absolute atomic E-state index is 10.9. The number of nitrogens with two attached hydrogens (primary N) is 1. The molecule has 68 valence electrons. The van der Waals surface area contributed by atoms with Crippen molar-refractivity contribution in [1.82, 2.24) is 0 Å². The molecule has 0 bridgehead atoms. The van der Waals surface area contributed by atoms with Crippen LogP contribution in [0.4, 0.5) is 0 Å². The van der Waals surface area contributed by atoms with Gasteiger partial charge in [0.15, 0.2) is 0 Å². The molecule has 0 spiro atoms. The second-order valence-electron chi connectivity index (χ2n) is 2.44. The summed E-state index contributed by atoms with van der Waals surface area (Å²) in [5, 5.41) is 0. The number of carbonyl (C=O) groups excluding carboxylic acids is 1. The standard InChI is InChI=1S/C10H11NO2/c1-2-10(12)13-9-6-4-3-5-8(9)7-11/h2-6H,1,7,11H2. The summed E-state index contributed by atoms with van der Waals surface area (Å²) < 4.78 is 4.95. The topological polar surface area (TPSA) is 52.3 Å². The molecule has 0 saturated carbocycles. The maximum Gasteiger partial charge on any atom is 0.335 e. The molecular formula is C10H11NO2. The SMILES string of the molecule is C=CC(=O)Oc1ccccc1CN. The van der Waals surface area contributed by atoms with Gasteiger partial charge in [0.05, 0.1) is 0 Å². The van der Waals surface area contributed by atoms with Crippen LogP contribution in [-0.2, 0) is 11.3 Å². The summed E-state index contributed by atoms with van der Waals surface area (Å²) in [4.78, 5) is 10.9. The highest BCUT2D eigenvalue weighted by Gasteiger charge is 2.03. The normalized spacial score (nSPS) is 9.31. The fourth-order valence-electron chi connectivity index (χ4n) is 0.922. The Morgan fingerprint density at radius 2 is 2.23 bits per heavy atom. The molecule has 0 saturated heterocycles. The van der Waals surface area contributed by atoms with Crippen molar-refractivity contribution in [3.63, 3.8) is 0 Å². The third kappa shape index (κ3) is 2.42. The van der Waals surface area contributed by atoms with E-state index in [4.69, 9.17) is 10.5 Å². The lowest BCUT2D eigenvalue weighted by Gasteiger charge is -2.05. The van der Waals surface area contributed by atoms with Crippen LogP contribution in [0, 0.1) is 0 Å². The van der Waals surface area contributed by atoms with Crippen LogP contribution in [0.25, 0.3) is 0 Å². The van der Waals surface area contributed by atoms with Crippen LogP contribution in [-0.4, -0.2) is 5.97 Å². The molecule has 2 N–H and O–H groups in total. The molecule has 1 aromatic carbocycles. The van der Waals surface area contributed by atoms with Gasteiger partial charge in [0, 0.05) is 18.2 Å². The zero-order chi connectivity index (χ0) is 9.68. The Kier molecular flexibility index (Phi) is 3.23. The molecule has 1 aromatic rings. The molecule has 13 heavy (non-hydrogen) atoms. The number of rotatable bonds is 3. The Morgan fingerprint density at radius 3 is 2.85 bits per heavy atom. The van der Waals surface area contributed by atoms with E-state index in [2.05, 4.69) is 6.58 Å². The Morgan fingerprint density at radius 1 is 1.54 bits per heavy atom. The highest BCUT2D eigenvalue weighted by Crippen LogP contribution is 2.16. The highest BCUT2D eigenvalue weighted by atomic mass is 16.5. The summed E-state index contributed by atoms with van der Waals surface area (Å²) in [6, 6.07) is 7.13. The summed E-state index contributed by atoms with van der Waals surface area (Å²) in [6.07, 6.45) is 1.12. The van der Waals surface area contributed by atoms with Crippen LogP contribution in [0.2, 0.25) is 0 Å². The summed E-state index contributed by atoms with van der Waals surface area (Å²) in [5.41, 5.74) is 6.25. The molecule has 0 aliphatic rings. The molecule has 3 heteroatoms. The lowest BCUT2D eigenvalue weighted by molar-refractivity contribution is -0.129. The molecule has 0 unspecified atom stereocenters. The summed E-state index contributed by atoms with van der Waals surface area (Å²) in [7, 11) is 0. The summed E-state index contributed by atoms with van der Waals surface area (Å²) in [5.74, 6) is 0.0239. The average Bonchev–Trinajstić information content (AvgIpc) is 2.18. The minimum absolute atomic E-state index is 0.348. The molecule has 0 aliphatic carbocycles. The zero-order valence-electron chi connectivity index (χ0n) is 7.19. The monoisotopic (exact) mass is 177 g/mol. The fourth-order valence-corrected chi connectivity index (χ4v) is 0.922. The second kappa shape index (κ2) is 4.42.